The van der Waals surface area contributed by atoms with E-state index in [1.54, 1.807) is 0 Å². The fourth-order valence-corrected chi connectivity index (χ4v) is 5.89. The topological polar surface area (TPSA) is 52.6 Å². The van der Waals surface area contributed by atoms with E-state index in [4.69, 9.17) is 9.47 Å². The van der Waals surface area contributed by atoms with Crippen LogP contribution in [0.1, 0.15) is 144 Å². The highest BCUT2D eigenvalue weighted by Crippen LogP contribution is 2.30. The van der Waals surface area contributed by atoms with Crippen LogP contribution in [0.5, 0.6) is 0 Å². The van der Waals surface area contributed by atoms with Crippen molar-refractivity contribution in [3.63, 3.8) is 0 Å². The molecule has 4 nitrogen and oxygen atoms in total. The van der Waals surface area contributed by atoms with Gasteiger partial charge >= 0.3 is 11.9 Å². The lowest BCUT2D eigenvalue weighted by Crippen LogP contribution is -2.28. The van der Waals surface area contributed by atoms with Gasteiger partial charge in [0, 0.05) is 0 Å². The quantitative estimate of drug-likeness (QED) is 0.121. The van der Waals surface area contributed by atoms with Crippen LogP contribution in [-0.4, -0.2) is 25.2 Å². The molecule has 1 aliphatic rings. The number of carbonyl (C=O) groups is 2. The van der Waals surface area contributed by atoms with Gasteiger partial charge in [-0.15, -0.1) is 0 Å². The van der Waals surface area contributed by atoms with E-state index in [1.807, 2.05) is 0 Å². The molecule has 1 saturated carbocycles. The average molecular weight is 509 g/mol. The molecule has 0 aromatic rings. The molecule has 36 heavy (non-hydrogen) atoms. The van der Waals surface area contributed by atoms with Crippen molar-refractivity contribution in [3.8, 4) is 0 Å². The fraction of sp³-hybridized carbons (Fsp3) is 0.938. The summed E-state index contributed by atoms with van der Waals surface area (Å²) in [5, 5.41) is 0. The van der Waals surface area contributed by atoms with Crippen molar-refractivity contribution in [2.45, 2.75) is 144 Å². The van der Waals surface area contributed by atoms with Crippen LogP contribution in [0.25, 0.3) is 0 Å². The van der Waals surface area contributed by atoms with Crippen LogP contribution in [0.2, 0.25) is 0 Å². The number of unbranched alkanes of at least 4 members (excludes halogenated alkanes) is 6. The monoisotopic (exact) mass is 508 g/mol. The molecule has 0 spiro atoms. The van der Waals surface area contributed by atoms with E-state index in [1.165, 1.54) is 51.4 Å². The van der Waals surface area contributed by atoms with Gasteiger partial charge in [-0.2, -0.15) is 0 Å². The normalized spacial score (nSPS) is 19.9. The summed E-state index contributed by atoms with van der Waals surface area (Å²) in [5.41, 5.74) is 0. The first-order valence-corrected chi connectivity index (χ1v) is 15.5. The van der Waals surface area contributed by atoms with Crippen molar-refractivity contribution in [2.75, 3.05) is 13.2 Å². The van der Waals surface area contributed by atoms with E-state index in [2.05, 4.69) is 41.5 Å². The molecule has 0 saturated heterocycles. The predicted molar refractivity (Wildman–Crippen MR) is 151 cm³/mol. The maximum absolute atomic E-state index is 12.4. The summed E-state index contributed by atoms with van der Waals surface area (Å²) < 4.78 is 11.1. The third-order valence-electron chi connectivity index (χ3n) is 7.81. The van der Waals surface area contributed by atoms with Gasteiger partial charge in [-0.05, 0) is 75.0 Å². The number of carbonyl (C=O) groups excluding carboxylic acids is 2. The van der Waals surface area contributed by atoms with Crippen molar-refractivity contribution in [1.82, 2.24) is 0 Å². The molecule has 0 bridgehead atoms. The summed E-state index contributed by atoms with van der Waals surface area (Å²) >= 11 is 0. The minimum absolute atomic E-state index is 0.0379. The molecular weight excluding hydrogens is 448 g/mol. The van der Waals surface area contributed by atoms with Gasteiger partial charge in [-0.25, -0.2) is 0 Å². The number of ether oxygens (including phenoxy) is 2. The summed E-state index contributed by atoms with van der Waals surface area (Å²) in [5.74, 6) is 3.00. The Hall–Kier alpha value is -1.06. The van der Waals surface area contributed by atoms with Crippen molar-refractivity contribution in [2.24, 2.45) is 35.5 Å². The fourth-order valence-electron chi connectivity index (χ4n) is 5.89. The lowest BCUT2D eigenvalue weighted by molar-refractivity contribution is -0.155. The number of hydrogen-bond donors (Lipinski definition) is 0. The van der Waals surface area contributed by atoms with Gasteiger partial charge in [0.2, 0.25) is 0 Å². The van der Waals surface area contributed by atoms with Crippen LogP contribution in [-0.2, 0) is 19.1 Å². The van der Waals surface area contributed by atoms with Crippen LogP contribution in [0.4, 0.5) is 0 Å². The first-order valence-electron chi connectivity index (χ1n) is 15.5. The molecule has 0 heterocycles. The summed E-state index contributed by atoms with van der Waals surface area (Å²) in [7, 11) is 0. The van der Waals surface area contributed by atoms with Crippen molar-refractivity contribution in [1.29, 1.82) is 0 Å². The molecule has 2 atom stereocenters. The highest BCUT2D eigenvalue weighted by atomic mass is 16.5. The maximum atomic E-state index is 12.4. The van der Waals surface area contributed by atoms with Gasteiger partial charge in [0.25, 0.3) is 0 Å². The maximum Gasteiger partial charge on any atom is 0.308 e. The Morgan fingerprint density at radius 2 is 0.889 bits per heavy atom. The van der Waals surface area contributed by atoms with E-state index in [-0.39, 0.29) is 23.8 Å². The molecule has 0 N–H and O–H groups in total. The van der Waals surface area contributed by atoms with Crippen molar-refractivity contribution in [3.05, 3.63) is 0 Å². The smallest absolute Gasteiger partial charge is 0.308 e. The summed E-state index contributed by atoms with van der Waals surface area (Å²) in [6, 6.07) is 0. The molecule has 212 valence electrons. The summed E-state index contributed by atoms with van der Waals surface area (Å²) in [4.78, 5) is 24.8. The molecule has 4 heteroatoms. The van der Waals surface area contributed by atoms with Crippen LogP contribution >= 0.6 is 0 Å². The Balaban J connectivity index is 2.01. The van der Waals surface area contributed by atoms with Gasteiger partial charge in [0.05, 0.1) is 25.0 Å². The SMILES string of the molecule is CC(C)CC(C)CCCCCCOC(=O)C1CCC(C(=O)OCCCCCCC(C)CC(C)C)CC1. The summed E-state index contributed by atoms with van der Waals surface area (Å²) in [6.45, 7) is 15.0. The average Bonchev–Trinajstić information content (AvgIpc) is 2.81. The molecule has 2 unspecified atom stereocenters. The Morgan fingerprint density at radius 3 is 1.22 bits per heavy atom. The van der Waals surface area contributed by atoms with Gasteiger partial charge in [0.15, 0.2) is 0 Å². The first kappa shape index (κ1) is 33.0. The predicted octanol–water partition coefficient (Wildman–Crippen LogP) is 9.14. The largest absolute Gasteiger partial charge is 0.465 e. The second kappa shape index (κ2) is 20.0. The Bertz CT molecular complexity index is 513. The van der Waals surface area contributed by atoms with Crippen molar-refractivity contribution >= 4 is 11.9 Å². The third kappa shape index (κ3) is 16.6. The van der Waals surface area contributed by atoms with Crippen LogP contribution in [0.15, 0.2) is 0 Å². The van der Waals surface area contributed by atoms with Gasteiger partial charge in [-0.3, -0.25) is 9.59 Å². The molecule has 0 amide bonds. The van der Waals surface area contributed by atoms with E-state index >= 15 is 0 Å². The van der Waals surface area contributed by atoms with Crippen LogP contribution in [0, 0.1) is 35.5 Å². The van der Waals surface area contributed by atoms with E-state index in [0.717, 1.165) is 75.0 Å². The highest BCUT2D eigenvalue weighted by molar-refractivity contribution is 5.75. The minimum Gasteiger partial charge on any atom is -0.465 e. The molecule has 1 rings (SSSR count). The molecule has 1 fully saturated rings. The zero-order chi connectivity index (χ0) is 26.8. The van der Waals surface area contributed by atoms with Crippen LogP contribution in [0.3, 0.4) is 0 Å². The minimum atomic E-state index is -0.0601. The molecule has 1 aliphatic carbocycles. The number of rotatable bonds is 20. The third-order valence-corrected chi connectivity index (χ3v) is 7.81. The lowest BCUT2D eigenvalue weighted by Gasteiger charge is -2.26. The number of hydrogen-bond acceptors (Lipinski definition) is 4. The van der Waals surface area contributed by atoms with Gasteiger partial charge in [-0.1, -0.05) is 92.9 Å². The summed E-state index contributed by atoms with van der Waals surface area (Å²) in [6.07, 6.45) is 17.5. The Morgan fingerprint density at radius 1 is 0.556 bits per heavy atom. The molecule has 0 aromatic carbocycles. The second-order valence-electron chi connectivity index (χ2n) is 12.8. The van der Waals surface area contributed by atoms with E-state index < -0.39 is 0 Å². The molecule has 0 aliphatic heterocycles. The number of esters is 2. The Kier molecular flexibility index (Phi) is 18.3. The molecular formula is C32H60O4. The van der Waals surface area contributed by atoms with Crippen LogP contribution < -0.4 is 0 Å². The lowest BCUT2D eigenvalue weighted by atomic mass is 9.82. The van der Waals surface area contributed by atoms with Crippen molar-refractivity contribution < 1.29 is 19.1 Å². The standard InChI is InChI=1S/C32H60O4/c1-25(2)23-27(5)15-11-7-9-13-21-35-31(33)29-17-19-30(20-18-29)32(34)36-22-14-10-8-12-16-28(6)24-26(3)4/h25-30H,7-24H2,1-6H3. The van der Waals surface area contributed by atoms with E-state index in [0.29, 0.717) is 13.2 Å². The van der Waals surface area contributed by atoms with Gasteiger partial charge < -0.3 is 9.47 Å². The molecule has 0 aromatic heterocycles. The van der Waals surface area contributed by atoms with E-state index in [9.17, 15) is 9.59 Å². The first-order chi connectivity index (χ1) is 17.2. The highest BCUT2D eigenvalue weighted by Gasteiger charge is 2.31. The Labute approximate surface area is 224 Å². The zero-order valence-corrected chi connectivity index (χ0v) is 24.8. The molecule has 0 radical (unpaired) electrons. The zero-order valence-electron chi connectivity index (χ0n) is 24.8. The second-order valence-corrected chi connectivity index (χ2v) is 12.8. The van der Waals surface area contributed by atoms with Gasteiger partial charge in [0.1, 0.15) is 0 Å².